The number of nitrogens with zero attached hydrogens (tertiary/aromatic N) is 3. The van der Waals surface area contributed by atoms with Crippen molar-refractivity contribution in [1.29, 1.82) is 0 Å². The van der Waals surface area contributed by atoms with Crippen molar-refractivity contribution in [2.45, 2.75) is 49.8 Å². The lowest BCUT2D eigenvalue weighted by Crippen LogP contribution is -2.39. The molecule has 1 unspecified atom stereocenters. The quantitative estimate of drug-likeness (QED) is 0.537. The number of hydrogen-bond donors (Lipinski definition) is 1. The number of thioether (sulfide) groups is 1. The lowest BCUT2D eigenvalue weighted by atomic mass is 9.92. The van der Waals surface area contributed by atoms with Gasteiger partial charge in [-0.1, -0.05) is 11.8 Å². The van der Waals surface area contributed by atoms with Gasteiger partial charge < -0.3 is 15.0 Å². The predicted octanol–water partition coefficient (Wildman–Crippen LogP) is 1.88. The zero-order valence-corrected chi connectivity index (χ0v) is 16.5. The molecule has 1 N–H and O–H groups in total. The molecule has 1 atom stereocenters. The smallest absolute Gasteiger partial charge is 0.233 e. The van der Waals surface area contributed by atoms with Crippen LogP contribution in [0.5, 0.6) is 0 Å². The van der Waals surface area contributed by atoms with Crippen molar-refractivity contribution < 1.29 is 14.3 Å². The van der Waals surface area contributed by atoms with Crippen molar-refractivity contribution in [3.8, 4) is 0 Å². The first-order valence-corrected chi connectivity index (χ1v) is 10.7. The minimum atomic E-state index is 0.114. The van der Waals surface area contributed by atoms with Crippen LogP contribution in [0.3, 0.4) is 0 Å². The molecule has 3 rings (SSSR count). The molecule has 0 radical (unpaired) electrons. The van der Waals surface area contributed by atoms with Gasteiger partial charge in [-0.3, -0.25) is 9.59 Å². The average molecular weight is 393 g/mol. The Morgan fingerprint density at radius 3 is 2.70 bits per heavy atom. The molecule has 1 aromatic rings. The third-order valence-electron chi connectivity index (χ3n) is 5.16. The largest absolute Gasteiger partial charge is 0.376 e. The summed E-state index contributed by atoms with van der Waals surface area (Å²) in [4.78, 5) is 34.5. The molecule has 0 aliphatic carbocycles. The van der Waals surface area contributed by atoms with Crippen LogP contribution >= 0.6 is 11.8 Å². The highest BCUT2D eigenvalue weighted by atomic mass is 32.2. The van der Waals surface area contributed by atoms with Gasteiger partial charge in [-0.15, -0.1) is 0 Å². The highest BCUT2D eigenvalue weighted by molar-refractivity contribution is 7.99. The third-order valence-corrected chi connectivity index (χ3v) is 6.02. The Kier molecular flexibility index (Phi) is 7.89. The van der Waals surface area contributed by atoms with Gasteiger partial charge in [0.15, 0.2) is 5.16 Å². The molecule has 1 aromatic heterocycles. The number of piperidine rings is 1. The number of likely N-dealkylation sites (tertiary alicyclic amines) is 1. The Bertz CT molecular complexity index is 602. The number of ether oxygens (including phenoxy) is 1. The normalized spacial score (nSPS) is 20.6. The number of amides is 2. The van der Waals surface area contributed by atoms with Gasteiger partial charge >= 0.3 is 0 Å². The maximum atomic E-state index is 12.3. The van der Waals surface area contributed by atoms with Crippen LogP contribution in [0.2, 0.25) is 0 Å². The van der Waals surface area contributed by atoms with E-state index < -0.39 is 0 Å². The fourth-order valence-corrected chi connectivity index (χ4v) is 4.21. The monoisotopic (exact) mass is 392 g/mol. The lowest BCUT2D eigenvalue weighted by Gasteiger charge is -2.32. The summed E-state index contributed by atoms with van der Waals surface area (Å²) in [6.45, 7) is 3.00. The summed E-state index contributed by atoms with van der Waals surface area (Å²) < 4.78 is 5.52. The molecule has 2 amide bonds. The lowest BCUT2D eigenvalue weighted by molar-refractivity contribution is -0.130. The van der Waals surface area contributed by atoms with Gasteiger partial charge in [0, 0.05) is 45.1 Å². The van der Waals surface area contributed by atoms with E-state index in [1.807, 2.05) is 4.90 Å². The molecule has 2 aliphatic rings. The second-order valence-electron chi connectivity index (χ2n) is 7.12. The minimum Gasteiger partial charge on any atom is -0.376 e. The van der Waals surface area contributed by atoms with E-state index in [0.717, 1.165) is 51.8 Å². The predicted molar refractivity (Wildman–Crippen MR) is 103 cm³/mol. The van der Waals surface area contributed by atoms with E-state index in [9.17, 15) is 9.59 Å². The number of nitrogens with one attached hydrogen (secondary N) is 1. The van der Waals surface area contributed by atoms with E-state index in [4.69, 9.17) is 4.74 Å². The van der Waals surface area contributed by atoms with Crippen molar-refractivity contribution in [2.75, 3.05) is 32.0 Å². The molecule has 0 saturated carbocycles. The van der Waals surface area contributed by atoms with Crippen LogP contribution in [-0.4, -0.2) is 64.8 Å². The standard InChI is InChI=1S/C19H28N4O3S/c24-17(22-13-16-3-1-12-26-16)5-4-15-6-10-23(11-7-15)18(25)14-27-19-20-8-2-9-21-19/h2,8-9,15-16H,1,3-7,10-14H2,(H,22,24). The summed E-state index contributed by atoms with van der Waals surface area (Å²) in [5, 5.41) is 3.61. The Balaban J connectivity index is 1.28. The summed E-state index contributed by atoms with van der Waals surface area (Å²) in [6, 6.07) is 1.76. The van der Waals surface area contributed by atoms with Crippen LogP contribution in [-0.2, 0) is 14.3 Å². The molecular weight excluding hydrogens is 364 g/mol. The van der Waals surface area contributed by atoms with E-state index in [1.54, 1.807) is 18.5 Å². The van der Waals surface area contributed by atoms with Gasteiger partial charge in [0.25, 0.3) is 0 Å². The number of carbonyl (C=O) groups excluding carboxylic acids is 2. The zero-order valence-electron chi connectivity index (χ0n) is 15.6. The van der Waals surface area contributed by atoms with Gasteiger partial charge in [-0.25, -0.2) is 9.97 Å². The summed E-state index contributed by atoms with van der Waals surface area (Å²) in [5.41, 5.74) is 0. The first-order valence-electron chi connectivity index (χ1n) is 9.76. The maximum absolute atomic E-state index is 12.3. The van der Waals surface area contributed by atoms with Crippen LogP contribution in [0.4, 0.5) is 0 Å². The van der Waals surface area contributed by atoms with Crippen molar-refractivity contribution in [3.63, 3.8) is 0 Å². The first kappa shape index (κ1) is 20.1. The highest BCUT2D eigenvalue weighted by Gasteiger charge is 2.23. The molecule has 0 aromatic carbocycles. The van der Waals surface area contributed by atoms with Crippen LogP contribution < -0.4 is 5.32 Å². The van der Waals surface area contributed by atoms with Gasteiger partial charge in [-0.05, 0) is 44.1 Å². The van der Waals surface area contributed by atoms with E-state index in [1.165, 1.54) is 11.8 Å². The zero-order chi connectivity index (χ0) is 18.9. The molecule has 2 fully saturated rings. The SMILES string of the molecule is O=C(CCC1CCN(C(=O)CSc2ncccn2)CC1)NCC1CCCO1. The average Bonchev–Trinajstić information content (AvgIpc) is 3.24. The fraction of sp³-hybridized carbons (Fsp3) is 0.684. The van der Waals surface area contributed by atoms with E-state index in [0.29, 0.717) is 29.8 Å². The molecule has 3 heterocycles. The molecule has 7 nitrogen and oxygen atoms in total. The van der Waals surface area contributed by atoms with E-state index in [-0.39, 0.29) is 17.9 Å². The highest BCUT2D eigenvalue weighted by Crippen LogP contribution is 2.23. The number of carbonyl (C=O) groups is 2. The fourth-order valence-electron chi connectivity index (χ4n) is 3.51. The number of hydrogen-bond acceptors (Lipinski definition) is 6. The Morgan fingerprint density at radius 1 is 1.22 bits per heavy atom. The third kappa shape index (κ3) is 6.77. The number of rotatable bonds is 8. The first-order chi connectivity index (χ1) is 13.2. The van der Waals surface area contributed by atoms with Crippen molar-refractivity contribution in [2.24, 2.45) is 5.92 Å². The van der Waals surface area contributed by atoms with Gasteiger partial charge in [0.05, 0.1) is 11.9 Å². The van der Waals surface area contributed by atoms with E-state index in [2.05, 4.69) is 15.3 Å². The molecule has 148 valence electrons. The van der Waals surface area contributed by atoms with Crippen molar-refractivity contribution in [3.05, 3.63) is 18.5 Å². The Labute approximate surface area is 164 Å². The molecule has 0 spiro atoms. The van der Waals surface area contributed by atoms with Crippen molar-refractivity contribution in [1.82, 2.24) is 20.2 Å². The topological polar surface area (TPSA) is 84.4 Å². The Morgan fingerprint density at radius 2 is 2.00 bits per heavy atom. The summed E-state index contributed by atoms with van der Waals surface area (Å²) in [7, 11) is 0. The second kappa shape index (κ2) is 10.6. The Hall–Kier alpha value is -1.67. The van der Waals surface area contributed by atoms with Crippen LogP contribution in [0.25, 0.3) is 0 Å². The van der Waals surface area contributed by atoms with E-state index >= 15 is 0 Å². The maximum Gasteiger partial charge on any atom is 0.233 e. The second-order valence-corrected chi connectivity index (χ2v) is 8.06. The van der Waals surface area contributed by atoms with Crippen molar-refractivity contribution >= 4 is 23.6 Å². The summed E-state index contributed by atoms with van der Waals surface area (Å²) in [5.74, 6) is 1.15. The van der Waals surface area contributed by atoms with Crippen LogP contribution in [0, 0.1) is 5.92 Å². The van der Waals surface area contributed by atoms with Crippen LogP contribution in [0.15, 0.2) is 23.6 Å². The molecule has 2 saturated heterocycles. The summed E-state index contributed by atoms with van der Waals surface area (Å²) in [6.07, 6.45) is 9.09. The van der Waals surface area contributed by atoms with Crippen LogP contribution in [0.1, 0.15) is 38.5 Å². The molecular formula is C19H28N4O3S. The minimum absolute atomic E-state index is 0.114. The molecule has 27 heavy (non-hydrogen) atoms. The number of aromatic nitrogens is 2. The van der Waals surface area contributed by atoms with Gasteiger partial charge in [0.1, 0.15) is 0 Å². The van der Waals surface area contributed by atoms with Gasteiger partial charge in [-0.2, -0.15) is 0 Å². The summed E-state index contributed by atoms with van der Waals surface area (Å²) >= 11 is 1.38. The van der Waals surface area contributed by atoms with Gasteiger partial charge in [0.2, 0.25) is 11.8 Å². The molecule has 2 aliphatic heterocycles. The molecule has 8 heteroatoms. The molecule has 0 bridgehead atoms.